The molecule has 1 saturated heterocycles. The standard InChI is InChI=1S/C14H18N2O2/c17-13(11-16-9-5-2-6-10-16)15-14(18)12-7-3-1-4-8-12/h1,3-4,7-8H,2,5-6,9-11H2,(H,15,17,18). The summed E-state index contributed by atoms with van der Waals surface area (Å²) in [6, 6.07) is 8.80. The molecule has 2 amide bonds. The molecule has 1 aromatic rings. The van der Waals surface area contributed by atoms with E-state index in [4.69, 9.17) is 0 Å². The van der Waals surface area contributed by atoms with Gasteiger partial charge in [0, 0.05) is 5.56 Å². The average Bonchev–Trinajstić information content (AvgIpc) is 2.40. The van der Waals surface area contributed by atoms with Crippen LogP contribution in [0.15, 0.2) is 30.3 Å². The molecule has 1 aliphatic heterocycles. The summed E-state index contributed by atoms with van der Waals surface area (Å²) in [6.07, 6.45) is 3.51. The zero-order chi connectivity index (χ0) is 12.8. The molecular formula is C14H18N2O2. The monoisotopic (exact) mass is 246 g/mol. The van der Waals surface area contributed by atoms with Crippen molar-refractivity contribution >= 4 is 11.8 Å². The number of piperidine rings is 1. The Balaban J connectivity index is 1.82. The summed E-state index contributed by atoms with van der Waals surface area (Å²) in [5, 5.41) is 2.42. The average molecular weight is 246 g/mol. The van der Waals surface area contributed by atoms with Crippen LogP contribution in [-0.4, -0.2) is 36.3 Å². The van der Waals surface area contributed by atoms with Gasteiger partial charge in [0.15, 0.2) is 0 Å². The molecule has 0 saturated carbocycles. The Hall–Kier alpha value is -1.68. The van der Waals surface area contributed by atoms with E-state index < -0.39 is 0 Å². The number of carbonyl (C=O) groups excluding carboxylic acids is 2. The van der Waals surface area contributed by atoms with Crippen LogP contribution in [0, 0.1) is 0 Å². The van der Waals surface area contributed by atoms with Gasteiger partial charge in [0.2, 0.25) is 5.91 Å². The molecule has 0 atom stereocenters. The first-order valence-corrected chi connectivity index (χ1v) is 6.37. The molecule has 0 unspecified atom stereocenters. The van der Waals surface area contributed by atoms with Crippen LogP contribution < -0.4 is 5.32 Å². The second kappa shape index (κ2) is 6.31. The minimum absolute atomic E-state index is 0.217. The summed E-state index contributed by atoms with van der Waals surface area (Å²) in [5.41, 5.74) is 0.518. The maximum atomic E-state index is 11.7. The molecule has 4 nitrogen and oxygen atoms in total. The number of hydrogen-bond acceptors (Lipinski definition) is 3. The van der Waals surface area contributed by atoms with Crippen molar-refractivity contribution in [2.75, 3.05) is 19.6 Å². The Labute approximate surface area is 107 Å². The van der Waals surface area contributed by atoms with E-state index in [1.807, 2.05) is 6.07 Å². The summed E-state index contributed by atoms with van der Waals surface area (Å²) in [5.74, 6) is -0.539. The summed E-state index contributed by atoms with van der Waals surface area (Å²) >= 11 is 0. The SMILES string of the molecule is O=C(CN1CCCCC1)NC(=O)c1ccccc1. The number of imide groups is 1. The van der Waals surface area contributed by atoms with E-state index in [0.29, 0.717) is 12.1 Å². The molecule has 4 heteroatoms. The minimum Gasteiger partial charge on any atom is -0.295 e. The van der Waals surface area contributed by atoms with Gasteiger partial charge < -0.3 is 0 Å². The van der Waals surface area contributed by atoms with E-state index in [1.54, 1.807) is 24.3 Å². The van der Waals surface area contributed by atoms with Crippen LogP contribution in [0.4, 0.5) is 0 Å². The van der Waals surface area contributed by atoms with Crippen LogP contribution in [-0.2, 0) is 4.79 Å². The van der Waals surface area contributed by atoms with E-state index >= 15 is 0 Å². The molecule has 1 heterocycles. The Morgan fingerprint density at radius 3 is 2.39 bits per heavy atom. The van der Waals surface area contributed by atoms with Crippen LogP contribution in [0.2, 0.25) is 0 Å². The zero-order valence-electron chi connectivity index (χ0n) is 10.4. The van der Waals surface area contributed by atoms with Gasteiger partial charge >= 0.3 is 0 Å². The third kappa shape index (κ3) is 3.67. The fourth-order valence-corrected chi connectivity index (χ4v) is 2.15. The molecule has 0 radical (unpaired) electrons. The van der Waals surface area contributed by atoms with Gasteiger partial charge in [0.25, 0.3) is 5.91 Å². The lowest BCUT2D eigenvalue weighted by molar-refractivity contribution is -0.121. The lowest BCUT2D eigenvalue weighted by Crippen LogP contribution is -2.41. The minimum atomic E-state index is -0.322. The third-order valence-electron chi connectivity index (χ3n) is 3.10. The topological polar surface area (TPSA) is 49.4 Å². The number of nitrogens with one attached hydrogen (secondary N) is 1. The molecule has 0 spiro atoms. The van der Waals surface area contributed by atoms with Crippen molar-refractivity contribution in [1.82, 2.24) is 10.2 Å². The highest BCUT2D eigenvalue weighted by atomic mass is 16.2. The lowest BCUT2D eigenvalue weighted by atomic mass is 10.1. The van der Waals surface area contributed by atoms with Gasteiger partial charge in [-0.2, -0.15) is 0 Å². The molecular weight excluding hydrogens is 228 g/mol. The fraction of sp³-hybridized carbons (Fsp3) is 0.429. The summed E-state index contributed by atoms with van der Waals surface area (Å²) in [6.45, 7) is 2.22. The third-order valence-corrected chi connectivity index (χ3v) is 3.10. The number of likely N-dealkylation sites (tertiary alicyclic amines) is 1. The Morgan fingerprint density at radius 1 is 1.06 bits per heavy atom. The van der Waals surface area contributed by atoms with Crippen LogP contribution in [0.3, 0.4) is 0 Å². The predicted octanol–water partition coefficient (Wildman–Crippen LogP) is 1.43. The summed E-state index contributed by atoms with van der Waals surface area (Å²) < 4.78 is 0. The molecule has 2 rings (SSSR count). The van der Waals surface area contributed by atoms with Crippen LogP contribution in [0.25, 0.3) is 0 Å². The Kier molecular flexibility index (Phi) is 4.47. The largest absolute Gasteiger partial charge is 0.295 e. The lowest BCUT2D eigenvalue weighted by Gasteiger charge is -2.25. The second-order valence-corrected chi connectivity index (χ2v) is 4.58. The first-order valence-electron chi connectivity index (χ1n) is 6.37. The van der Waals surface area contributed by atoms with Crippen molar-refractivity contribution < 1.29 is 9.59 Å². The highest BCUT2D eigenvalue weighted by Crippen LogP contribution is 2.07. The van der Waals surface area contributed by atoms with Crippen molar-refractivity contribution in [1.29, 1.82) is 0 Å². The van der Waals surface area contributed by atoms with Gasteiger partial charge in [-0.15, -0.1) is 0 Å². The van der Waals surface area contributed by atoms with Crippen LogP contribution >= 0.6 is 0 Å². The fourth-order valence-electron chi connectivity index (χ4n) is 2.15. The van der Waals surface area contributed by atoms with E-state index in [0.717, 1.165) is 25.9 Å². The molecule has 18 heavy (non-hydrogen) atoms. The number of hydrogen-bond donors (Lipinski definition) is 1. The van der Waals surface area contributed by atoms with E-state index in [2.05, 4.69) is 10.2 Å². The number of amides is 2. The van der Waals surface area contributed by atoms with Gasteiger partial charge in [-0.25, -0.2) is 0 Å². The van der Waals surface area contributed by atoms with E-state index in [-0.39, 0.29) is 11.8 Å². The maximum absolute atomic E-state index is 11.7. The van der Waals surface area contributed by atoms with Gasteiger partial charge in [-0.3, -0.25) is 19.8 Å². The molecule has 1 aliphatic rings. The van der Waals surface area contributed by atoms with Crippen molar-refractivity contribution in [2.24, 2.45) is 0 Å². The maximum Gasteiger partial charge on any atom is 0.257 e. The number of carbonyl (C=O) groups is 2. The molecule has 0 aliphatic carbocycles. The number of rotatable bonds is 3. The highest BCUT2D eigenvalue weighted by Gasteiger charge is 2.15. The molecule has 0 bridgehead atoms. The first-order chi connectivity index (χ1) is 8.75. The van der Waals surface area contributed by atoms with Crippen molar-refractivity contribution in [3.05, 3.63) is 35.9 Å². The molecule has 1 fully saturated rings. The zero-order valence-corrected chi connectivity index (χ0v) is 10.4. The Bertz CT molecular complexity index is 411. The van der Waals surface area contributed by atoms with Crippen molar-refractivity contribution in [2.45, 2.75) is 19.3 Å². The molecule has 1 N–H and O–H groups in total. The second-order valence-electron chi connectivity index (χ2n) is 4.58. The molecule has 0 aromatic heterocycles. The van der Waals surface area contributed by atoms with E-state index in [1.165, 1.54) is 6.42 Å². The normalized spacial score (nSPS) is 16.2. The quantitative estimate of drug-likeness (QED) is 0.877. The molecule has 1 aromatic carbocycles. The van der Waals surface area contributed by atoms with Crippen molar-refractivity contribution in [3.63, 3.8) is 0 Å². The van der Waals surface area contributed by atoms with Gasteiger partial charge in [0.05, 0.1) is 6.54 Å². The van der Waals surface area contributed by atoms with Gasteiger partial charge in [0.1, 0.15) is 0 Å². The van der Waals surface area contributed by atoms with Crippen molar-refractivity contribution in [3.8, 4) is 0 Å². The summed E-state index contributed by atoms with van der Waals surface area (Å²) in [7, 11) is 0. The van der Waals surface area contributed by atoms with E-state index in [9.17, 15) is 9.59 Å². The van der Waals surface area contributed by atoms with Gasteiger partial charge in [-0.1, -0.05) is 24.6 Å². The highest BCUT2D eigenvalue weighted by molar-refractivity contribution is 6.05. The van der Waals surface area contributed by atoms with Gasteiger partial charge in [-0.05, 0) is 38.1 Å². The molecule has 96 valence electrons. The summed E-state index contributed by atoms with van der Waals surface area (Å²) in [4.78, 5) is 25.6. The van der Waals surface area contributed by atoms with Crippen LogP contribution in [0.1, 0.15) is 29.6 Å². The first kappa shape index (κ1) is 12.8. The Morgan fingerprint density at radius 2 is 1.72 bits per heavy atom. The van der Waals surface area contributed by atoms with Crippen LogP contribution in [0.5, 0.6) is 0 Å². The number of nitrogens with zero attached hydrogens (tertiary/aromatic N) is 1. The smallest absolute Gasteiger partial charge is 0.257 e. The number of benzene rings is 1. The predicted molar refractivity (Wildman–Crippen MR) is 69.2 cm³/mol.